The molecule has 2 heterocycles. The van der Waals surface area contributed by atoms with Crippen LogP contribution in [0.3, 0.4) is 0 Å². The summed E-state index contributed by atoms with van der Waals surface area (Å²) in [6.07, 6.45) is 1.90. The van der Waals surface area contributed by atoms with Gasteiger partial charge < -0.3 is 10.1 Å². The largest absolute Gasteiger partial charge is 0.390 e. The third kappa shape index (κ3) is 2.24. The second-order valence-electron chi connectivity index (χ2n) is 3.43. The van der Waals surface area contributed by atoms with E-state index in [1.165, 1.54) is 0 Å². The number of hydrogen-bond donors (Lipinski definition) is 0. The first-order valence-electron chi connectivity index (χ1n) is 4.89. The van der Waals surface area contributed by atoms with E-state index in [4.69, 9.17) is 0 Å². The third-order valence-electron chi connectivity index (χ3n) is 2.22. The van der Waals surface area contributed by atoms with Gasteiger partial charge in [0.1, 0.15) is 6.20 Å². The third-order valence-corrected chi connectivity index (χ3v) is 2.22. The first-order valence-corrected chi connectivity index (χ1v) is 4.89. The maximum absolute atomic E-state index is 10.9. The van der Waals surface area contributed by atoms with Crippen LogP contribution in [-0.4, -0.2) is 29.5 Å². The van der Waals surface area contributed by atoms with Gasteiger partial charge in [-0.3, -0.25) is 20.2 Å². The molecule has 0 fully saturated rings. The Labute approximate surface area is 108 Å². The summed E-state index contributed by atoms with van der Waals surface area (Å²) in [6.45, 7) is 0. The Morgan fingerprint density at radius 3 is 2.25 bits per heavy atom. The van der Waals surface area contributed by atoms with Crippen LogP contribution in [0.25, 0.3) is 5.82 Å². The number of pyridine rings is 1. The van der Waals surface area contributed by atoms with E-state index < -0.39 is 32.0 Å². The molecule has 0 aliphatic heterocycles. The van der Waals surface area contributed by atoms with Crippen LogP contribution in [-0.2, 0) is 0 Å². The maximum Gasteiger partial charge on any atom is 0.390 e. The summed E-state index contributed by atoms with van der Waals surface area (Å²) in [5.74, 6) is -0.881. The Hall–Kier alpha value is -3.44. The van der Waals surface area contributed by atoms with Crippen molar-refractivity contribution in [2.45, 2.75) is 0 Å². The molecule has 0 aromatic carbocycles. The summed E-state index contributed by atoms with van der Waals surface area (Å²) in [5.41, 5.74) is -1.25. The lowest BCUT2D eigenvalue weighted by molar-refractivity contribution is -0.394. The Bertz CT molecular complexity index is 724. The minimum Gasteiger partial charge on any atom is -0.358 e. The molecule has 0 N–H and O–H groups in total. The van der Waals surface area contributed by atoms with E-state index in [1.54, 1.807) is 0 Å². The molecule has 0 atom stereocenters. The molecule has 20 heavy (non-hydrogen) atoms. The maximum atomic E-state index is 10.9. The molecule has 12 heteroatoms. The fraction of sp³-hybridized carbons (Fsp3) is 0. The molecular formula is C8H4N6O6. The van der Waals surface area contributed by atoms with Gasteiger partial charge in [0.05, 0.1) is 33.3 Å². The molecule has 0 radical (unpaired) electrons. The van der Waals surface area contributed by atoms with Crippen molar-refractivity contribution in [2.24, 2.45) is 0 Å². The van der Waals surface area contributed by atoms with Crippen molar-refractivity contribution in [3.05, 3.63) is 54.9 Å². The molecule has 0 aliphatic rings. The normalized spacial score (nSPS) is 10.2. The predicted molar refractivity (Wildman–Crippen MR) is 61.3 cm³/mol. The summed E-state index contributed by atoms with van der Waals surface area (Å²) >= 11 is 0. The highest BCUT2D eigenvalue weighted by molar-refractivity contribution is 5.52. The standard InChI is InChI=1S/C8H4N6O6/c15-12(16)5-3-6(13(17)18)8(9-4-5)11-2-1-7(10-11)14(19)20/h1-4H. The predicted octanol–water partition coefficient (Wildman–Crippen LogP) is 0.992. The zero-order valence-electron chi connectivity index (χ0n) is 9.44. The van der Waals surface area contributed by atoms with Gasteiger partial charge in [0.15, 0.2) is 0 Å². The summed E-state index contributed by atoms with van der Waals surface area (Å²) in [7, 11) is 0. The molecule has 0 amide bonds. The zero-order chi connectivity index (χ0) is 14.9. The van der Waals surface area contributed by atoms with Crippen molar-refractivity contribution < 1.29 is 14.8 Å². The molecule has 0 spiro atoms. The molecule has 0 bridgehead atoms. The van der Waals surface area contributed by atoms with Gasteiger partial charge in [0, 0.05) is 0 Å². The molecule has 2 rings (SSSR count). The minimum atomic E-state index is -0.886. The van der Waals surface area contributed by atoms with Crippen LogP contribution in [0.15, 0.2) is 24.5 Å². The van der Waals surface area contributed by atoms with Crippen molar-refractivity contribution in [1.82, 2.24) is 14.8 Å². The van der Waals surface area contributed by atoms with Gasteiger partial charge in [-0.05, 0) is 4.92 Å². The highest BCUT2D eigenvalue weighted by atomic mass is 16.6. The molecule has 0 saturated carbocycles. The van der Waals surface area contributed by atoms with Crippen molar-refractivity contribution in [2.75, 3.05) is 0 Å². The molecule has 0 unspecified atom stereocenters. The zero-order valence-corrected chi connectivity index (χ0v) is 9.44. The van der Waals surface area contributed by atoms with Gasteiger partial charge in [0.2, 0.25) is 0 Å². The lowest BCUT2D eigenvalue weighted by atomic mass is 10.3. The Kier molecular flexibility index (Phi) is 3.04. The van der Waals surface area contributed by atoms with E-state index >= 15 is 0 Å². The molecule has 2 aromatic heterocycles. The van der Waals surface area contributed by atoms with Crippen LogP contribution >= 0.6 is 0 Å². The Morgan fingerprint density at radius 1 is 1.05 bits per heavy atom. The smallest absolute Gasteiger partial charge is 0.358 e. The van der Waals surface area contributed by atoms with Crippen LogP contribution in [0.1, 0.15) is 0 Å². The van der Waals surface area contributed by atoms with Crippen molar-refractivity contribution in [1.29, 1.82) is 0 Å². The van der Waals surface area contributed by atoms with Gasteiger partial charge in [-0.25, -0.2) is 4.98 Å². The average molecular weight is 280 g/mol. The number of aromatic nitrogens is 3. The number of hydrogen-bond acceptors (Lipinski definition) is 8. The van der Waals surface area contributed by atoms with Crippen LogP contribution < -0.4 is 0 Å². The first kappa shape index (κ1) is 13.0. The van der Waals surface area contributed by atoms with E-state index in [0.29, 0.717) is 6.07 Å². The average Bonchev–Trinajstić information content (AvgIpc) is 2.87. The number of rotatable bonds is 4. The summed E-state index contributed by atoms with van der Waals surface area (Å²) in [5, 5.41) is 35.4. The van der Waals surface area contributed by atoms with Crippen molar-refractivity contribution in [3.8, 4) is 5.82 Å². The fourth-order valence-electron chi connectivity index (χ4n) is 1.38. The monoisotopic (exact) mass is 280 g/mol. The second-order valence-corrected chi connectivity index (χ2v) is 3.43. The molecule has 2 aromatic rings. The SMILES string of the molecule is O=[N+]([O-])c1cnc(-n2ccc([N+](=O)[O-])n2)c([N+](=O)[O-])c1. The summed E-state index contributed by atoms with van der Waals surface area (Å²) in [6, 6.07) is 1.72. The van der Waals surface area contributed by atoms with Gasteiger partial charge in [-0.1, -0.05) is 0 Å². The minimum absolute atomic E-state index is 0.353. The number of nitro groups is 3. The number of nitrogens with zero attached hydrogens (tertiary/aromatic N) is 6. The van der Waals surface area contributed by atoms with Crippen molar-refractivity contribution >= 4 is 17.2 Å². The molecular weight excluding hydrogens is 276 g/mol. The van der Waals surface area contributed by atoms with E-state index in [1.807, 2.05) is 0 Å². The van der Waals surface area contributed by atoms with Crippen LogP contribution in [0.5, 0.6) is 0 Å². The lowest BCUT2D eigenvalue weighted by Gasteiger charge is -1.98. The van der Waals surface area contributed by atoms with E-state index in [2.05, 4.69) is 10.1 Å². The van der Waals surface area contributed by atoms with Crippen LogP contribution in [0.2, 0.25) is 0 Å². The molecule has 12 nitrogen and oxygen atoms in total. The van der Waals surface area contributed by atoms with Crippen molar-refractivity contribution in [3.63, 3.8) is 0 Å². The molecule has 0 saturated heterocycles. The van der Waals surface area contributed by atoms with Gasteiger partial charge >= 0.3 is 11.5 Å². The topological polar surface area (TPSA) is 160 Å². The van der Waals surface area contributed by atoms with Crippen LogP contribution in [0.4, 0.5) is 17.2 Å². The van der Waals surface area contributed by atoms with E-state index in [-0.39, 0.29) is 5.82 Å². The fourth-order valence-corrected chi connectivity index (χ4v) is 1.38. The first-order chi connectivity index (χ1) is 9.40. The Morgan fingerprint density at radius 2 is 1.75 bits per heavy atom. The van der Waals surface area contributed by atoms with Gasteiger partial charge in [0.25, 0.3) is 11.5 Å². The highest BCUT2D eigenvalue weighted by Gasteiger charge is 2.25. The molecule has 0 aliphatic carbocycles. The van der Waals surface area contributed by atoms with E-state index in [9.17, 15) is 30.3 Å². The van der Waals surface area contributed by atoms with Gasteiger partial charge in [-0.15, -0.1) is 4.68 Å². The lowest BCUT2D eigenvalue weighted by Crippen LogP contribution is -2.05. The molecule has 102 valence electrons. The summed E-state index contributed by atoms with van der Waals surface area (Å²) in [4.78, 5) is 33.0. The quantitative estimate of drug-likeness (QED) is 0.591. The Balaban J connectivity index is 2.57. The second kappa shape index (κ2) is 4.68. The highest BCUT2D eigenvalue weighted by Crippen LogP contribution is 2.25. The van der Waals surface area contributed by atoms with Crippen LogP contribution in [0, 0.1) is 30.3 Å². The summed E-state index contributed by atoms with van der Waals surface area (Å²) < 4.78 is 0.806. The van der Waals surface area contributed by atoms with E-state index in [0.717, 1.165) is 23.1 Å². The van der Waals surface area contributed by atoms with Gasteiger partial charge in [-0.2, -0.15) is 0 Å².